The first kappa shape index (κ1) is 10.7. The molecule has 0 aliphatic rings. The third-order valence-corrected chi connectivity index (χ3v) is 2.50. The second-order valence-electron chi connectivity index (χ2n) is 2.59. The number of amides is 1. The molecule has 0 fully saturated rings. The molecule has 3 heteroatoms. The zero-order valence-electron chi connectivity index (χ0n) is 7.91. The van der Waals surface area contributed by atoms with E-state index >= 15 is 0 Å². The largest absolute Gasteiger partial charge is 0.341 e. The van der Waals surface area contributed by atoms with Gasteiger partial charge in [-0.05, 0) is 18.4 Å². The van der Waals surface area contributed by atoms with Gasteiger partial charge in [-0.25, -0.2) is 0 Å². The Labute approximate surface area is 88.1 Å². The van der Waals surface area contributed by atoms with Gasteiger partial charge in [-0.3, -0.25) is 4.79 Å². The minimum absolute atomic E-state index is 0.118. The summed E-state index contributed by atoms with van der Waals surface area (Å²) in [4.78, 5) is 12.5. The van der Waals surface area contributed by atoms with Gasteiger partial charge in [-0.2, -0.15) is 0 Å². The third kappa shape index (κ3) is 2.54. The molecule has 0 spiro atoms. The van der Waals surface area contributed by atoms with E-state index in [-0.39, 0.29) is 12.5 Å². The van der Waals surface area contributed by atoms with Crippen molar-refractivity contribution < 1.29 is 4.79 Å². The van der Waals surface area contributed by atoms with E-state index in [0.29, 0.717) is 5.56 Å². The summed E-state index contributed by atoms with van der Waals surface area (Å²) in [5.74, 6) is 2.25. The first-order chi connectivity index (χ1) is 6.79. The fourth-order valence-corrected chi connectivity index (χ4v) is 1.65. The highest BCUT2D eigenvalue weighted by atomic mass is 32.2. The zero-order chi connectivity index (χ0) is 10.4. The highest BCUT2D eigenvalue weighted by Crippen LogP contribution is 2.19. The van der Waals surface area contributed by atoms with Crippen molar-refractivity contribution in [2.24, 2.45) is 0 Å². The molecule has 0 saturated heterocycles. The van der Waals surface area contributed by atoms with Crippen molar-refractivity contribution in [1.82, 2.24) is 5.32 Å². The van der Waals surface area contributed by atoms with Crippen LogP contribution in [0.25, 0.3) is 0 Å². The van der Waals surface area contributed by atoms with E-state index in [2.05, 4.69) is 11.2 Å². The van der Waals surface area contributed by atoms with Crippen LogP contribution >= 0.6 is 11.8 Å². The van der Waals surface area contributed by atoms with Gasteiger partial charge in [0.05, 0.1) is 12.1 Å². The SMILES string of the molecule is C#CCNC(=O)c1ccccc1SC. The van der Waals surface area contributed by atoms with Gasteiger partial charge < -0.3 is 5.32 Å². The molecular weight excluding hydrogens is 194 g/mol. The Kier molecular flexibility index (Phi) is 4.09. The Balaban J connectivity index is 2.84. The van der Waals surface area contributed by atoms with Crippen molar-refractivity contribution in [1.29, 1.82) is 0 Å². The van der Waals surface area contributed by atoms with Crippen molar-refractivity contribution >= 4 is 17.7 Å². The van der Waals surface area contributed by atoms with Gasteiger partial charge in [0.25, 0.3) is 5.91 Å². The quantitative estimate of drug-likeness (QED) is 0.602. The minimum Gasteiger partial charge on any atom is -0.341 e. The average molecular weight is 205 g/mol. The Hall–Kier alpha value is -1.40. The lowest BCUT2D eigenvalue weighted by Crippen LogP contribution is -2.23. The first-order valence-electron chi connectivity index (χ1n) is 4.14. The molecule has 14 heavy (non-hydrogen) atoms. The Morgan fingerprint density at radius 1 is 1.57 bits per heavy atom. The van der Waals surface area contributed by atoms with Crippen LogP contribution in [-0.2, 0) is 0 Å². The van der Waals surface area contributed by atoms with Crippen LogP contribution in [0, 0.1) is 12.3 Å². The summed E-state index contributed by atoms with van der Waals surface area (Å²) >= 11 is 1.54. The number of carbonyl (C=O) groups excluding carboxylic acids is 1. The van der Waals surface area contributed by atoms with Gasteiger partial charge in [0, 0.05) is 4.90 Å². The van der Waals surface area contributed by atoms with Crippen LogP contribution in [0.4, 0.5) is 0 Å². The highest BCUT2D eigenvalue weighted by molar-refractivity contribution is 7.98. The summed E-state index contributed by atoms with van der Waals surface area (Å²) in [5.41, 5.74) is 0.676. The molecule has 0 bridgehead atoms. The number of rotatable bonds is 3. The Morgan fingerprint density at radius 2 is 2.29 bits per heavy atom. The molecular formula is C11H11NOS. The van der Waals surface area contributed by atoms with E-state index in [1.54, 1.807) is 17.8 Å². The standard InChI is InChI=1S/C11H11NOS/c1-3-8-12-11(13)9-6-4-5-7-10(9)14-2/h1,4-7H,8H2,2H3,(H,12,13). The summed E-state index contributed by atoms with van der Waals surface area (Å²) in [7, 11) is 0. The molecule has 1 aromatic rings. The van der Waals surface area contributed by atoms with Crippen LogP contribution < -0.4 is 5.32 Å². The highest BCUT2D eigenvalue weighted by Gasteiger charge is 2.08. The number of terminal acetylenes is 1. The smallest absolute Gasteiger partial charge is 0.253 e. The monoisotopic (exact) mass is 205 g/mol. The number of hydrogen-bond donors (Lipinski definition) is 1. The summed E-state index contributed by atoms with van der Waals surface area (Å²) in [6, 6.07) is 7.45. The predicted molar refractivity (Wildman–Crippen MR) is 59.4 cm³/mol. The maximum atomic E-state index is 11.6. The molecule has 0 atom stereocenters. The fraction of sp³-hybridized carbons (Fsp3) is 0.182. The average Bonchev–Trinajstić information content (AvgIpc) is 2.25. The number of thioether (sulfide) groups is 1. The molecule has 0 radical (unpaired) electrons. The summed E-state index contributed by atoms with van der Waals surface area (Å²) in [6.07, 6.45) is 6.99. The lowest BCUT2D eigenvalue weighted by molar-refractivity contribution is 0.0956. The molecule has 0 unspecified atom stereocenters. The van der Waals surface area contributed by atoms with Crippen LogP contribution in [0.1, 0.15) is 10.4 Å². The van der Waals surface area contributed by atoms with Crippen molar-refractivity contribution in [3.8, 4) is 12.3 Å². The van der Waals surface area contributed by atoms with E-state index in [4.69, 9.17) is 6.42 Å². The molecule has 1 aromatic carbocycles. The van der Waals surface area contributed by atoms with Crippen molar-refractivity contribution in [3.63, 3.8) is 0 Å². The molecule has 0 heterocycles. The van der Waals surface area contributed by atoms with Crippen LogP contribution in [0.5, 0.6) is 0 Å². The molecule has 1 rings (SSSR count). The molecule has 0 aliphatic carbocycles. The van der Waals surface area contributed by atoms with Crippen molar-refractivity contribution in [2.45, 2.75) is 4.90 Å². The minimum atomic E-state index is -0.118. The summed E-state index contributed by atoms with van der Waals surface area (Å²) < 4.78 is 0. The molecule has 2 nitrogen and oxygen atoms in total. The van der Waals surface area contributed by atoms with Gasteiger partial charge in [0.1, 0.15) is 0 Å². The normalized spacial score (nSPS) is 9.14. The second kappa shape index (κ2) is 5.36. The van der Waals surface area contributed by atoms with Crippen LogP contribution in [0.2, 0.25) is 0 Å². The lowest BCUT2D eigenvalue weighted by atomic mass is 10.2. The number of benzene rings is 1. The topological polar surface area (TPSA) is 29.1 Å². The first-order valence-corrected chi connectivity index (χ1v) is 5.36. The Morgan fingerprint density at radius 3 is 2.93 bits per heavy atom. The van der Waals surface area contributed by atoms with Gasteiger partial charge in [0.15, 0.2) is 0 Å². The van der Waals surface area contributed by atoms with E-state index in [1.807, 2.05) is 24.5 Å². The molecule has 0 saturated carbocycles. The van der Waals surface area contributed by atoms with E-state index in [1.165, 1.54) is 0 Å². The molecule has 1 amide bonds. The maximum Gasteiger partial charge on any atom is 0.253 e. The van der Waals surface area contributed by atoms with Crippen LogP contribution in [0.15, 0.2) is 29.2 Å². The van der Waals surface area contributed by atoms with Gasteiger partial charge in [-0.1, -0.05) is 18.1 Å². The lowest BCUT2D eigenvalue weighted by Gasteiger charge is -2.05. The van der Waals surface area contributed by atoms with Crippen molar-refractivity contribution in [2.75, 3.05) is 12.8 Å². The van der Waals surface area contributed by atoms with Crippen LogP contribution in [0.3, 0.4) is 0 Å². The Bertz CT molecular complexity index is 368. The van der Waals surface area contributed by atoms with E-state index in [0.717, 1.165) is 4.90 Å². The summed E-state index contributed by atoms with van der Waals surface area (Å²) in [6.45, 7) is 0.265. The van der Waals surface area contributed by atoms with Gasteiger partial charge in [0.2, 0.25) is 0 Å². The molecule has 0 aromatic heterocycles. The number of nitrogens with one attached hydrogen (secondary N) is 1. The maximum absolute atomic E-state index is 11.6. The molecule has 72 valence electrons. The number of carbonyl (C=O) groups is 1. The predicted octanol–water partition coefficient (Wildman–Crippen LogP) is 1.77. The third-order valence-electron chi connectivity index (χ3n) is 1.70. The van der Waals surface area contributed by atoms with E-state index < -0.39 is 0 Å². The van der Waals surface area contributed by atoms with Gasteiger partial charge >= 0.3 is 0 Å². The van der Waals surface area contributed by atoms with Crippen LogP contribution in [-0.4, -0.2) is 18.7 Å². The zero-order valence-corrected chi connectivity index (χ0v) is 8.73. The second-order valence-corrected chi connectivity index (χ2v) is 3.44. The molecule has 1 N–H and O–H groups in total. The fourth-order valence-electron chi connectivity index (χ4n) is 1.06. The van der Waals surface area contributed by atoms with E-state index in [9.17, 15) is 4.79 Å². The van der Waals surface area contributed by atoms with Gasteiger partial charge in [-0.15, -0.1) is 18.2 Å². The molecule has 0 aliphatic heterocycles. The number of hydrogen-bond acceptors (Lipinski definition) is 2. The van der Waals surface area contributed by atoms with Crippen molar-refractivity contribution in [3.05, 3.63) is 29.8 Å². The summed E-state index contributed by atoms with van der Waals surface area (Å²) in [5, 5.41) is 2.63.